The van der Waals surface area contributed by atoms with Gasteiger partial charge >= 0.3 is 11.9 Å². The van der Waals surface area contributed by atoms with E-state index < -0.39 is 18.4 Å². The van der Waals surface area contributed by atoms with E-state index in [0.717, 1.165) is 6.42 Å². The normalized spacial score (nSPS) is 9.20. The maximum atomic E-state index is 11.0. The van der Waals surface area contributed by atoms with Crippen molar-refractivity contribution < 1.29 is 24.2 Å². The van der Waals surface area contributed by atoms with Gasteiger partial charge in [-0.15, -0.1) is 0 Å². The van der Waals surface area contributed by atoms with Crippen molar-refractivity contribution in [2.75, 3.05) is 0 Å². The van der Waals surface area contributed by atoms with Gasteiger partial charge in [0.2, 0.25) is 0 Å². The van der Waals surface area contributed by atoms with Crippen molar-refractivity contribution in [2.24, 2.45) is 0 Å². The molecule has 0 amide bonds. The van der Waals surface area contributed by atoms with E-state index in [1.54, 1.807) is 0 Å². The predicted octanol–water partition coefficient (Wildman–Crippen LogP) is 1.32. The summed E-state index contributed by atoms with van der Waals surface area (Å²) in [5.41, 5.74) is 0.230. The maximum absolute atomic E-state index is 11.0. The topological polar surface area (TPSA) is 69.7 Å². The number of rotatable bonds is 5. The Kier molecular flexibility index (Phi) is 6.01. The smallest absolute Gasteiger partial charge is 0.299 e. The van der Waals surface area contributed by atoms with Crippen molar-refractivity contribution in [3.05, 3.63) is 12.2 Å². The van der Waals surface area contributed by atoms with Crippen molar-refractivity contribution in [1.29, 1.82) is 0 Å². The SMILES string of the molecule is C=C(CCC)C(=O)OOC(=O)CC(C)=O. The molecule has 15 heavy (non-hydrogen) atoms. The Morgan fingerprint density at radius 3 is 2.27 bits per heavy atom. The molecule has 5 nitrogen and oxygen atoms in total. The Labute approximate surface area is 88.0 Å². The van der Waals surface area contributed by atoms with Crippen LogP contribution in [0.5, 0.6) is 0 Å². The summed E-state index contributed by atoms with van der Waals surface area (Å²) in [4.78, 5) is 40.6. The van der Waals surface area contributed by atoms with Gasteiger partial charge in [0.05, 0.1) is 0 Å². The molecule has 5 heteroatoms. The quantitative estimate of drug-likeness (QED) is 0.299. The first-order chi connectivity index (χ1) is 6.97. The van der Waals surface area contributed by atoms with Crippen LogP contribution in [0.1, 0.15) is 33.1 Å². The van der Waals surface area contributed by atoms with E-state index in [9.17, 15) is 14.4 Å². The van der Waals surface area contributed by atoms with Crippen LogP contribution in [-0.2, 0) is 24.2 Å². The highest BCUT2D eigenvalue weighted by Gasteiger charge is 2.13. The first kappa shape index (κ1) is 13.4. The highest BCUT2D eigenvalue weighted by molar-refractivity contribution is 5.94. The second-order valence-electron chi connectivity index (χ2n) is 3.06. The van der Waals surface area contributed by atoms with E-state index in [4.69, 9.17) is 0 Å². The monoisotopic (exact) mass is 214 g/mol. The summed E-state index contributed by atoms with van der Waals surface area (Å²) in [5, 5.41) is 0. The zero-order valence-electron chi connectivity index (χ0n) is 8.87. The fourth-order valence-electron chi connectivity index (χ4n) is 0.780. The van der Waals surface area contributed by atoms with E-state index in [0.29, 0.717) is 6.42 Å². The van der Waals surface area contributed by atoms with Gasteiger partial charge in [0.25, 0.3) is 0 Å². The molecule has 0 saturated carbocycles. The first-order valence-electron chi connectivity index (χ1n) is 4.56. The molecule has 0 aliphatic carbocycles. The molecule has 0 spiro atoms. The van der Waals surface area contributed by atoms with Crippen LogP contribution >= 0.6 is 0 Å². The molecule has 0 unspecified atom stereocenters. The lowest BCUT2D eigenvalue weighted by molar-refractivity contribution is -0.255. The lowest BCUT2D eigenvalue weighted by Gasteiger charge is -2.03. The van der Waals surface area contributed by atoms with Gasteiger partial charge in [0.15, 0.2) is 0 Å². The summed E-state index contributed by atoms with van der Waals surface area (Å²) in [6.07, 6.45) is 0.811. The van der Waals surface area contributed by atoms with Gasteiger partial charge in [-0.05, 0) is 13.3 Å². The van der Waals surface area contributed by atoms with E-state index in [1.807, 2.05) is 6.92 Å². The summed E-state index contributed by atoms with van der Waals surface area (Å²) in [5.74, 6) is -2.03. The largest absolute Gasteiger partial charge is 0.381 e. The van der Waals surface area contributed by atoms with E-state index in [1.165, 1.54) is 6.92 Å². The number of Topliss-reactive ketones (excluding diaryl/α,β-unsaturated/α-hetero) is 1. The van der Waals surface area contributed by atoms with Crippen LogP contribution in [0.2, 0.25) is 0 Å². The summed E-state index contributed by atoms with van der Waals surface area (Å²) in [6.45, 7) is 6.56. The third-order valence-electron chi connectivity index (χ3n) is 1.44. The Bertz CT molecular complexity index is 280. The van der Waals surface area contributed by atoms with Gasteiger partial charge < -0.3 is 0 Å². The summed E-state index contributed by atoms with van der Waals surface area (Å²) in [6, 6.07) is 0. The van der Waals surface area contributed by atoms with Crippen molar-refractivity contribution in [3.8, 4) is 0 Å². The minimum Gasteiger partial charge on any atom is -0.299 e. The maximum Gasteiger partial charge on any atom is 0.381 e. The number of ketones is 1. The predicted molar refractivity (Wildman–Crippen MR) is 51.5 cm³/mol. The zero-order chi connectivity index (χ0) is 11.8. The second kappa shape index (κ2) is 6.75. The average Bonchev–Trinajstić information content (AvgIpc) is 2.13. The van der Waals surface area contributed by atoms with Gasteiger partial charge in [-0.25, -0.2) is 19.4 Å². The molecule has 0 saturated heterocycles. The van der Waals surface area contributed by atoms with Gasteiger partial charge in [-0.3, -0.25) is 4.79 Å². The molecule has 0 aliphatic heterocycles. The molecule has 0 aliphatic rings. The Hall–Kier alpha value is -1.65. The highest BCUT2D eigenvalue weighted by atomic mass is 17.2. The number of hydrogen-bond acceptors (Lipinski definition) is 5. The fourth-order valence-corrected chi connectivity index (χ4v) is 0.780. The van der Waals surface area contributed by atoms with Gasteiger partial charge in [-0.1, -0.05) is 19.9 Å². The number of carbonyl (C=O) groups is 3. The number of hydrogen-bond donors (Lipinski definition) is 0. The Morgan fingerprint density at radius 1 is 1.20 bits per heavy atom. The molecule has 0 fully saturated rings. The molecule has 0 aromatic carbocycles. The third-order valence-corrected chi connectivity index (χ3v) is 1.44. The molecule has 0 aromatic rings. The first-order valence-corrected chi connectivity index (χ1v) is 4.56. The highest BCUT2D eigenvalue weighted by Crippen LogP contribution is 2.04. The molecule has 0 aromatic heterocycles. The molecular formula is C10H14O5. The third kappa shape index (κ3) is 6.42. The Morgan fingerprint density at radius 2 is 1.80 bits per heavy atom. The summed E-state index contributed by atoms with van der Waals surface area (Å²) >= 11 is 0. The van der Waals surface area contributed by atoms with Crippen LogP contribution in [0, 0.1) is 0 Å². The van der Waals surface area contributed by atoms with Crippen LogP contribution in [0.4, 0.5) is 0 Å². The molecule has 0 radical (unpaired) electrons. The molecule has 0 bridgehead atoms. The minimum absolute atomic E-state index is 0.230. The van der Waals surface area contributed by atoms with E-state index >= 15 is 0 Å². The van der Waals surface area contributed by atoms with E-state index in [-0.39, 0.29) is 11.4 Å². The second-order valence-corrected chi connectivity index (χ2v) is 3.06. The van der Waals surface area contributed by atoms with Crippen LogP contribution in [0.25, 0.3) is 0 Å². The van der Waals surface area contributed by atoms with Crippen molar-refractivity contribution in [3.63, 3.8) is 0 Å². The van der Waals surface area contributed by atoms with Crippen LogP contribution in [-0.4, -0.2) is 17.7 Å². The van der Waals surface area contributed by atoms with Gasteiger partial charge in [0.1, 0.15) is 12.2 Å². The standard InChI is InChI=1S/C10H14O5/c1-4-5-7(2)10(13)15-14-9(12)6-8(3)11/h2,4-6H2,1,3H3. The van der Waals surface area contributed by atoms with E-state index in [2.05, 4.69) is 16.4 Å². The van der Waals surface area contributed by atoms with Crippen molar-refractivity contribution >= 4 is 17.7 Å². The lowest BCUT2D eigenvalue weighted by Crippen LogP contribution is -2.14. The summed E-state index contributed by atoms with van der Waals surface area (Å²) < 4.78 is 0. The zero-order valence-corrected chi connectivity index (χ0v) is 8.87. The van der Waals surface area contributed by atoms with Crippen LogP contribution < -0.4 is 0 Å². The average molecular weight is 214 g/mol. The molecule has 0 atom stereocenters. The van der Waals surface area contributed by atoms with Crippen LogP contribution in [0.15, 0.2) is 12.2 Å². The minimum atomic E-state index is -0.889. The van der Waals surface area contributed by atoms with Crippen LogP contribution in [0.3, 0.4) is 0 Å². The number of carbonyl (C=O) groups excluding carboxylic acids is 3. The fraction of sp³-hybridized carbons (Fsp3) is 0.500. The lowest BCUT2D eigenvalue weighted by atomic mass is 10.2. The Balaban J connectivity index is 3.85. The van der Waals surface area contributed by atoms with Gasteiger partial charge in [-0.2, -0.15) is 0 Å². The summed E-state index contributed by atoms with van der Waals surface area (Å²) in [7, 11) is 0. The molecule has 0 rings (SSSR count). The van der Waals surface area contributed by atoms with Crippen molar-refractivity contribution in [2.45, 2.75) is 33.1 Å². The van der Waals surface area contributed by atoms with Crippen molar-refractivity contribution in [1.82, 2.24) is 0 Å². The van der Waals surface area contributed by atoms with Gasteiger partial charge in [0, 0.05) is 5.57 Å². The molecular weight excluding hydrogens is 200 g/mol. The molecule has 0 heterocycles. The molecule has 84 valence electrons. The molecule has 0 N–H and O–H groups in total.